The molecule has 0 saturated carbocycles. The van der Waals surface area contributed by atoms with E-state index in [0.29, 0.717) is 29.4 Å². The number of sulfonamides is 1. The molecule has 0 bridgehead atoms. The van der Waals surface area contributed by atoms with Gasteiger partial charge in [0.2, 0.25) is 15.9 Å². The number of nitrogens with one attached hydrogen (secondary N) is 2. The second-order valence-electron chi connectivity index (χ2n) is 6.79. The molecule has 0 aromatic heterocycles. The first-order valence-corrected chi connectivity index (χ1v) is 10.8. The van der Waals surface area contributed by atoms with Gasteiger partial charge in [-0.3, -0.25) is 4.79 Å². The summed E-state index contributed by atoms with van der Waals surface area (Å²) in [6, 6.07) is 11.6. The van der Waals surface area contributed by atoms with E-state index >= 15 is 0 Å². The highest BCUT2D eigenvalue weighted by molar-refractivity contribution is 7.89. The Morgan fingerprint density at radius 3 is 2.39 bits per heavy atom. The number of aryl methyl sites for hydroxylation is 1. The normalized spacial score (nSPS) is 11.5. The number of benzene rings is 2. The molecule has 0 saturated heterocycles. The summed E-state index contributed by atoms with van der Waals surface area (Å²) in [5.74, 6) is 0.613. The topological polar surface area (TPSA) is 84.5 Å². The molecule has 0 fully saturated rings. The highest BCUT2D eigenvalue weighted by Crippen LogP contribution is 2.27. The lowest BCUT2D eigenvalue weighted by Gasteiger charge is -2.10. The molecule has 2 N–H and O–H groups in total. The zero-order chi connectivity index (χ0) is 20.7. The van der Waals surface area contributed by atoms with Crippen LogP contribution >= 0.6 is 11.6 Å². The Balaban J connectivity index is 1.90. The monoisotopic (exact) mass is 424 g/mol. The zero-order valence-electron chi connectivity index (χ0n) is 16.2. The van der Waals surface area contributed by atoms with Gasteiger partial charge in [0.05, 0.1) is 17.0 Å². The van der Waals surface area contributed by atoms with E-state index in [1.807, 2.05) is 13.8 Å². The lowest BCUT2D eigenvalue weighted by molar-refractivity contribution is -0.116. The van der Waals surface area contributed by atoms with Gasteiger partial charge in [0.25, 0.3) is 0 Å². The van der Waals surface area contributed by atoms with Crippen LogP contribution in [-0.4, -0.2) is 28.0 Å². The number of carbonyl (C=O) groups excluding carboxylic acids is 1. The van der Waals surface area contributed by atoms with Gasteiger partial charge in [0, 0.05) is 18.7 Å². The van der Waals surface area contributed by atoms with Gasteiger partial charge in [-0.25, -0.2) is 13.1 Å². The van der Waals surface area contributed by atoms with Gasteiger partial charge < -0.3 is 10.1 Å². The summed E-state index contributed by atoms with van der Waals surface area (Å²) in [7, 11) is -1.98. The highest BCUT2D eigenvalue weighted by atomic mass is 35.5. The maximum absolute atomic E-state index is 12.2. The van der Waals surface area contributed by atoms with Crippen LogP contribution in [0.1, 0.15) is 25.8 Å². The molecule has 0 atom stereocenters. The molecule has 28 heavy (non-hydrogen) atoms. The molecule has 0 heterocycles. The van der Waals surface area contributed by atoms with Crippen molar-refractivity contribution in [1.29, 1.82) is 0 Å². The maximum Gasteiger partial charge on any atom is 0.240 e. The Labute approximate surface area is 171 Å². The SMILES string of the molecule is COc1ccc(NC(=O)CCc2ccc(S(=O)(=O)NCC(C)C)cc2)cc1Cl. The van der Waals surface area contributed by atoms with E-state index in [2.05, 4.69) is 10.0 Å². The second kappa shape index (κ2) is 9.91. The smallest absolute Gasteiger partial charge is 0.240 e. The number of methoxy groups -OCH3 is 1. The van der Waals surface area contributed by atoms with Crippen molar-refractivity contribution < 1.29 is 17.9 Å². The number of rotatable bonds is 9. The largest absolute Gasteiger partial charge is 0.495 e. The zero-order valence-corrected chi connectivity index (χ0v) is 17.7. The van der Waals surface area contributed by atoms with Gasteiger partial charge in [0.1, 0.15) is 5.75 Å². The van der Waals surface area contributed by atoms with Crippen LogP contribution in [0.2, 0.25) is 5.02 Å². The van der Waals surface area contributed by atoms with Crippen LogP contribution in [-0.2, 0) is 21.2 Å². The Kier molecular flexibility index (Phi) is 7.86. The summed E-state index contributed by atoms with van der Waals surface area (Å²) in [6.07, 6.45) is 0.761. The van der Waals surface area contributed by atoms with E-state index in [4.69, 9.17) is 16.3 Å². The number of amides is 1. The van der Waals surface area contributed by atoms with E-state index in [1.165, 1.54) is 7.11 Å². The first-order valence-electron chi connectivity index (χ1n) is 8.93. The fourth-order valence-electron chi connectivity index (χ4n) is 2.42. The minimum atomic E-state index is -3.51. The Bertz CT molecular complexity index is 912. The van der Waals surface area contributed by atoms with Crippen molar-refractivity contribution in [3.8, 4) is 5.75 Å². The van der Waals surface area contributed by atoms with Crippen molar-refractivity contribution in [1.82, 2.24) is 4.72 Å². The van der Waals surface area contributed by atoms with Crippen LogP contribution in [0, 0.1) is 5.92 Å². The third-order valence-electron chi connectivity index (χ3n) is 3.99. The molecule has 0 aliphatic rings. The number of anilines is 1. The van der Waals surface area contributed by atoms with Crippen molar-refractivity contribution in [3.63, 3.8) is 0 Å². The molecule has 0 aliphatic heterocycles. The summed E-state index contributed by atoms with van der Waals surface area (Å²) >= 11 is 6.05. The Hall–Kier alpha value is -2.09. The number of hydrogen-bond donors (Lipinski definition) is 2. The third-order valence-corrected chi connectivity index (χ3v) is 5.73. The molecular formula is C20H25ClN2O4S. The Morgan fingerprint density at radius 2 is 1.82 bits per heavy atom. The van der Waals surface area contributed by atoms with Crippen molar-refractivity contribution in [2.24, 2.45) is 5.92 Å². The average molecular weight is 425 g/mol. The third kappa shape index (κ3) is 6.51. The van der Waals surface area contributed by atoms with Crippen molar-refractivity contribution in [2.45, 2.75) is 31.6 Å². The molecule has 2 aromatic carbocycles. The van der Waals surface area contributed by atoms with E-state index in [9.17, 15) is 13.2 Å². The summed E-state index contributed by atoms with van der Waals surface area (Å²) < 4.78 is 32.0. The lowest BCUT2D eigenvalue weighted by Crippen LogP contribution is -2.27. The first kappa shape index (κ1) is 22.2. The molecule has 0 radical (unpaired) electrons. The van der Waals surface area contributed by atoms with Gasteiger partial charge >= 0.3 is 0 Å². The molecule has 152 valence electrons. The van der Waals surface area contributed by atoms with Crippen LogP contribution in [0.15, 0.2) is 47.4 Å². The molecule has 1 amide bonds. The van der Waals surface area contributed by atoms with E-state index in [1.54, 1.807) is 42.5 Å². The molecule has 0 unspecified atom stereocenters. The molecule has 0 aliphatic carbocycles. The first-order chi connectivity index (χ1) is 13.2. The molecule has 6 nitrogen and oxygen atoms in total. The second-order valence-corrected chi connectivity index (χ2v) is 8.96. The fraction of sp³-hybridized carbons (Fsp3) is 0.350. The summed E-state index contributed by atoms with van der Waals surface area (Å²) in [4.78, 5) is 12.4. The van der Waals surface area contributed by atoms with E-state index in [-0.39, 0.29) is 23.1 Å². The van der Waals surface area contributed by atoms with Crippen molar-refractivity contribution in [3.05, 3.63) is 53.1 Å². The molecule has 2 rings (SSSR count). The number of hydrogen-bond acceptors (Lipinski definition) is 4. The predicted octanol–water partition coefficient (Wildman–Crippen LogP) is 3.85. The van der Waals surface area contributed by atoms with Gasteiger partial charge in [-0.15, -0.1) is 0 Å². The van der Waals surface area contributed by atoms with Crippen molar-refractivity contribution >= 4 is 33.2 Å². The summed E-state index contributed by atoms with van der Waals surface area (Å²) in [5, 5.41) is 3.20. The molecule has 2 aromatic rings. The minimum absolute atomic E-state index is 0.156. The predicted molar refractivity (Wildman–Crippen MR) is 111 cm³/mol. The molecule has 8 heteroatoms. The van der Waals surface area contributed by atoms with Gasteiger partial charge in [-0.05, 0) is 48.2 Å². The lowest BCUT2D eigenvalue weighted by atomic mass is 10.1. The average Bonchev–Trinajstić information content (AvgIpc) is 2.65. The van der Waals surface area contributed by atoms with Gasteiger partial charge in [-0.1, -0.05) is 37.6 Å². The maximum atomic E-state index is 12.2. The van der Waals surface area contributed by atoms with Crippen LogP contribution in [0.3, 0.4) is 0 Å². The summed E-state index contributed by atoms with van der Waals surface area (Å²) in [5.41, 5.74) is 1.47. The Morgan fingerprint density at radius 1 is 1.14 bits per heavy atom. The number of ether oxygens (including phenoxy) is 1. The standard InChI is InChI=1S/C20H25ClN2O4S/c1-14(2)13-22-28(25,26)17-8-4-15(5-9-17)6-11-20(24)23-16-7-10-19(27-3)18(21)12-16/h4-5,7-10,12,14,22H,6,11,13H2,1-3H3,(H,23,24). The van der Waals surface area contributed by atoms with Gasteiger partial charge in [0.15, 0.2) is 0 Å². The van der Waals surface area contributed by atoms with Crippen LogP contribution in [0.4, 0.5) is 5.69 Å². The van der Waals surface area contributed by atoms with Crippen molar-refractivity contribution in [2.75, 3.05) is 19.0 Å². The van der Waals surface area contributed by atoms with E-state index < -0.39 is 10.0 Å². The van der Waals surface area contributed by atoms with Crippen LogP contribution in [0.25, 0.3) is 0 Å². The highest BCUT2D eigenvalue weighted by Gasteiger charge is 2.14. The van der Waals surface area contributed by atoms with Crippen LogP contribution in [0.5, 0.6) is 5.75 Å². The molecular weight excluding hydrogens is 400 g/mol. The summed E-state index contributed by atoms with van der Waals surface area (Å²) in [6.45, 7) is 4.27. The fourth-order valence-corrected chi connectivity index (χ4v) is 3.89. The number of carbonyl (C=O) groups is 1. The van der Waals surface area contributed by atoms with Crippen LogP contribution < -0.4 is 14.8 Å². The number of halogens is 1. The quantitative estimate of drug-likeness (QED) is 0.640. The van der Waals surface area contributed by atoms with E-state index in [0.717, 1.165) is 5.56 Å². The van der Waals surface area contributed by atoms with Gasteiger partial charge in [-0.2, -0.15) is 0 Å². The minimum Gasteiger partial charge on any atom is -0.495 e. The molecule has 0 spiro atoms.